The molecule has 21 heavy (non-hydrogen) atoms. The van der Waals surface area contributed by atoms with E-state index in [0.29, 0.717) is 0 Å². The Morgan fingerprint density at radius 2 is 1.90 bits per heavy atom. The minimum Gasteiger partial charge on any atom is -0.372 e. The summed E-state index contributed by atoms with van der Waals surface area (Å²) in [5, 5.41) is 3.59. The van der Waals surface area contributed by atoms with Crippen molar-refractivity contribution in [1.82, 2.24) is 5.32 Å². The molecule has 1 aromatic carbocycles. The van der Waals surface area contributed by atoms with E-state index in [4.69, 9.17) is 4.74 Å². The van der Waals surface area contributed by atoms with E-state index >= 15 is 0 Å². The summed E-state index contributed by atoms with van der Waals surface area (Å²) in [5.74, 6) is 0. The van der Waals surface area contributed by atoms with Crippen molar-refractivity contribution in [3.63, 3.8) is 0 Å². The molecule has 0 saturated carbocycles. The normalized spacial score (nSPS) is 14.0. The standard InChI is InChI=1S/C17H22BrNOS/c1-3-19-15(12-14-10-11-16(18)21-14)17(20-4-2)13-8-6-5-7-9-13/h5-11,15,17,19H,3-4,12H2,1-2H3. The second-order valence-electron chi connectivity index (χ2n) is 4.86. The molecule has 0 bridgehead atoms. The Bertz CT molecular complexity index is 529. The molecule has 2 atom stereocenters. The van der Waals surface area contributed by atoms with Crippen molar-refractivity contribution in [2.24, 2.45) is 0 Å². The smallest absolute Gasteiger partial charge is 0.0981 e. The molecule has 0 amide bonds. The molecule has 2 aromatic rings. The van der Waals surface area contributed by atoms with E-state index in [1.807, 2.05) is 6.07 Å². The van der Waals surface area contributed by atoms with Gasteiger partial charge in [-0.1, -0.05) is 37.3 Å². The number of rotatable bonds is 8. The summed E-state index contributed by atoms with van der Waals surface area (Å²) in [7, 11) is 0. The predicted molar refractivity (Wildman–Crippen MR) is 94.0 cm³/mol. The Labute approximate surface area is 139 Å². The van der Waals surface area contributed by atoms with Gasteiger partial charge in [0.2, 0.25) is 0 Å². The fourth-order valence-electron chi connectivity index (χ4n) is 2.49. The molecule has 0 aliphatic heterocycles. The van der Waals surface area contributed by atoms with E-state index in [9.17, 15) is 0 Å². The highest BCUT2D eigenvalue weighted by Gasteiger charge is 2.23. The number of nitrogens with one attached hydrogen (secondary N) is 1. The van der Waals surface area contributed by atoms with Gasteiger partial charge < -0.3 is 10.1 Å². The van der Waals surface area contributed by atoms with Crippen LogP contribution in [0.4, 0.5) is 0 Å². The first-order chi connectivity index (χ1) is 10.2. The zero-order valence-electron chi connectivity index (χ0n) is 12.5. The molecule has 0 fully saturated rings. The molecule has 1 heterocycles. The second-order valence-corrected chi connectivity index (χ2v) is 7.41. The molecule has 1 N–H and O–H groups in total. The van der Waals surface area contributed by atoms with Gasteiger partial charge in [0.1, 0.15) is 0 Å². The van der Waals surface area contributed by atoms with Gasteiger partial charge in [0.15, 0.2) is 0 Å². The molecule has 114 valence electrons. The van der Waals surface area contributed by atoms with Crippen molar-refractivity contribution in [2.45, 2.75) is 32.4 Å². The van der Waals surface area contributed by atoms with Crippen LogP contribution in [0, 0.1) is 0 Å². The van der Waals surface area contributed by atoms with E-state index in [-0.39, 0.29) is 12.1 Å². The lowest BCUT2D eigenvalue weighted by molar-refractivity contribution is 0.0338. The maximum Gasteiger partial charge on any atom is 0.0981 e. The molecule has 0 radical (unpaired) electrons. The van der Waals surface area contributed by atoms with Crippen molar-refractivity contribution < 1.29 is 4.74 Å². The largest absolute Gasteiger partial charge is 0.372 e. The lowest BCUT2D eigenvalue weighted by atomic mass is 9.98. The predicted octanol–water partition coefficient (Wildman–Crippen LogP) is 4.81. The van der Waals surface area contributed by atoms with Crippen LogP contribution in [-0.2, 0) is 11.2 Å². The van der Waals surface area contributed by atoms with Crippen LogP contribution in [0.3, 0.4) is 0 Å². The van der Waals surface area contributed by atoms with E-state index in [2.05, 4.69) is 71.5 Å². The molecule has 2 rings (SSSR count). The van der Waals surface area contributed by atoms with Gasteiger partial charge in [-0.2, -0.15) is 0 Å². The third-order valence-electron chi connectivity index (χ3n) is 3.36. The first-order valence-electron chi connectivity index (χ1n) is 7.38. The summed E-state index contributed by atoms with van der Waals surface area (Å²) in [6, 6.07) is 15.1. The third-order valence-corrected chi connectivity index (χ3v) is 5.00. The van der Waals surface area contributed by atoms with Crippen molar-refractivity contribution >= 4 is 27.3 Å². The van der Waals surface area contributed by atoms with E-state index in [0.717, 1.165) is 19.6 Å². The Balaban J connectivity index is 2.19. The molecule has 0 aliphatic carbocycles. The number of likely N-dealkylation sites (N-methyl/N-ethyl adjacent to an activating group) is 1. The summed E-state index contributed by atoms with van der Waals surface area (Å²) in [6.07, 6.45) is 1.06. The molecule has 2 unspecified atom stereocenters. The van der Waals surface area contributed by atoms with E-state index in [1.54, 1.807) is 11.3 Å². The van der Waals surface area contributed by atoms with Gasteiger partial charge in [0, 0.05) is 17.5 Å². The highest BCUT2D eigenvalue weighted by atomic mass is 79.9. The van der Waals surface area contributed by atoms with Crippen LogP contribution < -0.4 is 5.32 Å². The summed E-state index contributed by atoms with van der Waals surface area (Å²) in [5.41, 5.74) is 1.24. The average molecular weight is 368 g/mol. The molecule has 0 aliphatic rings. The van der Waals surface area contributed by atoms with Crippen LogP contribution in [0.2, 0.25) is 0 Å². The number of hydrogen-bond acceptors (Lipinski definition) is 3. The monoisotopic (exact) mass is 367 g/mol. The van der Waals surface area contributed by atoms with Crippen LogP contribution in [0.25, 0.3) is 0 Å². The molecular weight excluding hydrogens is 346 g/mol. The Kier molecular flexibility index (Phi) is 6.90. The zero-order valence-corrected chi connectivity index (χ0v) is 14.9. The Morgan fingerprint density at radius 3 is 2.48 bits per heavy atom. The van der Waals surface area contributed by atoms with Crippen LogP contribution in [0.1, 0.15) is 30.4 Å². The minimum atomic E-state index is 0.0806. The molecular formula is C17H22BrNOS. The second kappa shape index (κ2) is 8.69. The summed E-state index contributed by atoms with van der Waals surface area (Å²) < 4.78 is 7.23. The number of benzene rings is 1. The summed E-state index contributed by atoms with van der Waals surface area (Å²) >= 11 is 5.33. The fourth-order valence-corrected chi connectivity index (χ4v) is 4.04. The maximum absolute atomic E-state index is 6.05. The molecule has 2 nitrogen and oxygen atoms in total. The summed E-state index contributed by atoms with van der Waals surface area (Å²) in [6.45, 7) is 5.86. The number of hydrogen-bond donors (Lipinski definition) is 1. The topological polar surface area (TPSA) is 21.3 Å². The fraction of sp³-hybridized carbons (Fsp3) is 0.412. The van der Waals surface area contributed by atoms with Crippen molar-refractivity contribution in [1.29, 1.82) is 0 Å². The van der Waals surface area contributed by atoms with Crippen LogP contribution in [-0.4, -0.2) is 19.2 Å². The molecule has 1 aromatic heterocycles. The highest BCUT2D eigenvalue weighted by molar-refractivity contribution is 9.11. The van der Waals surface area contributed by atoms with Crippen molar-refractivity contribution in [2.75, 3.05) is 13.2 Å². The summed E-state index contributed by atoms with van der Waals surface area (Å²) in [4.78, 5) is 1.37. The minimum absolute atomic E-state index is 0.0806. The zero-order chi connectivity index (χ0) is 15.1. The van der Waals surface area contributed by atoms with E-state index in [1.165, 1.54) is 14.2 Å². The highest BCUT2D eigenvalue weighted by Crippen LogP contribution is 2.28. The van der Waals surface area contributed by atoms with Gasteiger partial charge >= 0.3 is 0 Å². The Morgan fingerprint density at radius 1 is 1.14 bits per heavy atom. The van der Waals surface area contributed by atoms with E-state index < -0.39 is 0 Å². The van der Waals surface area contributed by atoms with Crippen LogP contribution >= 0.6 is 27.3 Å². The number of ether oxygens (including phenoxy) is 1. The van der Waals surface area contributed by atoms with Gasteiger partial charge in [-0.15, -0.1) is 11.3 Å². The average Bonchev–Trinajstić information content (AvgIpc) is 2.90. The van der Waals surface area contributed by atoms with Crippen molar-refractivity contribution in [3.8, 4) is 0 Å². The number of thiophene rings is 1. The van der Waals surface area contributed by atoms with Gasteiger partial charge in [-0.25, -0.2) is 0 Å². The first-order valence-corrected chi connectivity index (χ1v) is 8.99. The number of halogens is 1. The van der Waals surface area contributed by atoms with Crippen LogP contribution in [0.15, 0.2) is 46.3 Å². The molecule has 0 saturated heterocycles. The first kappa shape index (κ1) is 16.7. The van der Waals surface area contributed by atoms with Gasteiger partial charge in [-0.05, 0) is 53.5 Å². The Hall–Kier alpha value is -0.680. The van der Waals surface area contributed by atoms with Gasteiger partial charge in [0.05, 0.1) is 9.89 Å². The van der Waals surface area contributed by atoms with Gasteiger partial charge in [-0.3, -0.25) is 0 Å². The lowest BCUT2D eigenvalue weighted by Crippen LogP contribution is -2.37. The molecule has 0 spiro atoms. The third kappa shape index (κ3) is 4.92. The van der Waals surface area contributed by atoms with Crippen LogP contribution in [0.5, 0.6) is 0 Å². The van der Waals surface area contributed by atoms with Crippen molar-refractivity contribution in [3.05, 3.63) is 56.7 Å². The quantitative estimate of drug-likeness (QED) is 0.722. The molecule has 4 heteroatoms. The van der Waals surface area contributed by atoms with Gasteiger partial charge in [0.25, 0.3) is 0 Å². The SMILES string of the molecule is CCNC(Cc1ccc(Br)s1)C(OCC)c1ccccc1. The maximum atomic E-state index is 6.05. The lowest BCUT2D eigenvalue weighted by Gasteiger charge is -2.28.